The predicted octanol–water partition coefficient (Wildman–Crippen LogP) is 17.8. The lowest BCUT2D eigenvalue weighted by atomic mass is 10.1. The molecule has 2 heterocycles. The van der Waals surface area contributed by atoms with Gasteiger partial charge in [0.2, 0.25) is 0 Å². The molecule has 0 amide bonds. The lowest BCUT2D eigenvalue weighted by Crippen LogP contribution is -2.17. The Kier molecular flexibility index (Phi) is 19.1. The number of benzene rings is 6. The first-order chi connectivity index (χ1) is 31.9. The predicted molar refractivity (Wildman–Crippen MR) is 290 cm³/mol. The van der Waals surface area contributed by atoms with Gasteiger partial charge in [0.1, 0.15) is 0 Å². The molecule has 2 aromatic heterocycles. The zero-order valence-electron chi connectivity index (χ0n) is 40.4. The summed E-state index contributed by atoms with van der Waals surface area (Å²) in [6.07, 6.45) is 19.9. The van der Waals surface area contributed by atoms with Gasteiger partial charge in [-0.15, -0.1) is 6.58 Å². The first-order valence-electron chi connectivity index (χ1n) is 23.4. The van der Waals surface area contributed by atoms with Crippen LogP contribution in [-0.4, -0.2) is 22.7 Å². The van der Waals surface area contributed by atoms with Crippen molar-refractivity contribution in [3.8, 4) is 5.69 Å². The van der Waals surface area contributed by atoms with Gasteiger partial charge >= 0.3 is 0 Å². The van der Waals surface area contributed by atoms with Gasteiger partial charge in [-0.25, -0.2) is 0 Å². The highest BCUT2D eigenvalue weighted by atomic mass is 15.1. The Morgan fingerprint density at radius 1 is 0.615 bits per heavy atom. The highest BCUT2D eigenvalue weighted by Crippen LogP contribution is 2.35. The minimum absolute atomic E-state index is 0.707. The summed E-state index contributed by atoms with van der Waals surface area (Å²) in [7, 11) is 2.17. The topological polar surface area (TPSA) is 16.3 Å². The molecule has 0 aliphatic carbocycles. The van der Waals surface area contributed by atoms with Crippen LogP contribution in [0.15, 0.2) is 207 Å². The van der Waals surface area contributed by atoms with Crippen molar-refractivity contribution < 1.29 is 0 Å². The van der Waals surface area contributed by atoms with Crippen LogP contribution in [0.1, 0.15) is 72.6 Å². The maximum Gasteiger partial charge on any atom is 0.0541 e. The van der Waals surface area contributed by atoms with Gasteiger partial charge in [0.05, 0.1) is 16.6 Å². The molecule has 0 atom stereocenters. The minimum atomic E-state index is 0.707. The number of para-hydroxylation sites is 4. The molecule has 0 aliphatic rings. The van der Waals surface area contributed by atoms with E-state index in [0.29, 0.717) is 6.54 Å². The Labute approximate surface area is 390 Å². The van der Waals surface area contributed by atoms with Crippen molar-refractivity contribution in [1.29, 1.82) is 0 Å². The van der Waals surface area contributed by atoms with Gasteiger partial charge in [-0.3, -0.25) is 0 Å². The molecule has 0 unspecified atom stereocenters. The van der Waals surface area contributed by atoms with Crippen LogP contribution < -0.4 is 9.80 Å². The summed E-state index contributed by atoms with van der Waals surface area (Å²) < 4.78 is 4.72. The van der Waals surface area contributed by atoms with Crippen molar-refractivity contribution in [3.05, 3.63) is 218 Å². The fourth-order valence-electron chi connectivity index (χ4n) is 8.10. The van der Waals surface area contributed by atoms with Crippen molar-refractivity contribution in [1.82, 2.24) is 9.13 Å². The number of nitrogens with zero attached hydrogens (tertiary/aromatic N) is 4. The molecule has 0 spiro atoms. The van der Waals surface area contributed by atoms with Gasteiger partial charge in [-0.2, -0.15) is 0 Å². The lowest BCUT2D eigenvalue weighted by Gasteiger charge is -2.26. The van der Waals surface area contributed by atoms with Crippen molar-refractivity contribution in [2.24, 2.45) is 0 Å². The molecule has 334 valence electrons. The second kappa shape index (κ2) is 25.3. The first-order valence-corrected chi connectivity index (χ1v) is 23.4. The summed E-state index contributed by atoms with van der Waals surface area (Å²) in [5.41, 5.74) is 13.3. The third-order valence-corrected chi connectivity index (χ3v) is 11.3. The van der Waals surface area contributed by atoms with Crippen LogP contribution in [0.3, 0.4) is 0 Å². The van der Waals surface area contributed by atoms with E-state index in [1.807, 2.05) is 58.9 Å². The van der Waals surface area contributed by atoms with Crippen LogP contribution in [0.25, 0.3) is 44.1 Å². The molecule has 0 radical (unpaired) electrons. The standard InChI is InChI=1S/C49H46N4.C6H10.C4H8.C2H6/c1-5-16-37-17-7-11-22-46(37)50(4)40-26-28-41(29-27-40)51(34-15-19-39(6-2)52-36(3)35-38-18-8-12-23-47(38)52)42-30-32-43(33-31-42)53-48-24-13-9-20-44(48)45-21-10-14-25-49(45)53;1-3-5-6-4-2;1-3-4-2;1-2/h6-15,17-33,35H,5,16,34H2,1-4H3;3-4,6H,1,5H2,2H3;3-4H,1-2H3;1-2H3/b19-15-,39-6+;6-4-;4-3-;. The van der Waals surface area contributed by atoms with Crippen molar-refractivity contribution >= 4 is 61.2 Å². The number of aryl methyl sites for hydroxylation is 2. The van der Waals surface area contributed by atoms with E-state index >= 15 is 0 Å². The quantitative estimate of drug-likeness (QED) is 0.0848. The maximum atomic E-state index is 3.55. The molecule has 0 fully saturated rings. The molecule has 8 rings (SSSR count). The molecule has 6 aromatic carbocycles. The molecular formula is C61H70N4. The van der Waals surface area contributed by atoms with Crippen LogP contribution in [0.4, 0.5) is 22.7 Å². The van der Waals surface area contributed by atoms with Gasteiger partial charge in [0.25, 0.3) is 0 Å². The highest BCUT2D eigenvalue weighted by molar-refractivity contribution is 6.09. The van der Waals surface area contributed by atoms with E-state index in [-0.39, 0.29) is 0 Å². The van der Waals surface area contributed by atoms with E-state index in [2.05, 4.69) is 229 Å². The second-order valence-corrected chi connectivity index (χ2v) is 15.5. The molecule has 8 aromatic rings. The first kappa shape index (κ1) is 49.0. The zero-order chi connectivity index (χ0) is 46.6. The van der Waals surface area contributed by atoms with Gasteiger partial charge in [-0.1, -0.05) is 143 Å². The van der Waals surface area contributed by atoms with Crippen LogP contribution in [0.5, 0.6) is 0 Å². The van der Waals surface area contributed by atoms with E-state index < -0.39 is 0 Å². The molecule has 4 nitrogen and oxygen atoms in total. The van der Waals surface area contributed by atoms with Crippen molar-refractivity contribution in [2.75, 3.05) is 23.4 Å². The summed E-state index contributed by atoms with van der Waals surface area (Å²) in [6, 6.07) is 55.0. The Morgan fingerprint density at radius 2 is 1.15 bits per heavy atom. The lowest BCUT2D eigenvalue weighted by molar-refractivity contribution is 0.916. The monoisotopic (exact) mass is 859 g/mol. The fraction of sp³-hybridized carbons (Fsp3) is 0.213. The maximum absolute atomic E-state index is 3.55. The summed E-state index contributed by atoms with van der Waals surface area (Å²) in [5, 5.41) is 3.80. The SMILES string of the molecule is C/C=C(\C=C/CN(c1ccc(N(C)c2ccccc2CCC)cc1)c1ccc(-n2c3ccccc3c3ccccc32)cc1)n1c(C)cc2ccccc21.C/C=C\C.C=CC/C=C\C.CC. The smallest absolute Gasteiger partial charge is 0.0541 e. The number of aromatic nitrogens is 2. The Morgan fingerprint density at radius 3 is 1.71 bits per heavy atom. The highest BCUT2D eigenvalue weighted by Gasteiger charge is 2.15. The van der Waals surface area contributed by atoms with Gasteiger partial charge in [0.15, 0.2) is 0 Å². The second-order valence-electron chi connectivity index (χ2n) is 15.5. The van der Waals surface area contributed by atoms with E-state index in [4.69, 9.17) is 0 Å². The number of allylic oxidation sites excluding steroid dienone is 8. The zero-order valence-corrected chi connectivity index (χ0v) is 40.4. The average molecular weight is 859 g/mol. The normalized spacial score (nSPS) is 11.4. The van der Waals surface area contributed by atoms with Crippen molar-refractivity contribution in [3.63, 3.8) is 0 Å². The molecule has 0 bridgehead atoms. The average Bonchev–Trinajstić information content (AvgIpc) is 3.88. The summed E-state index contributed by atoms with van der Waals surface area (Å²) in [4.78, 5) is 4.70. The number of rotatable bonds is 13. The third-order valence-electron chi connectivity index (χ3n) is 11.3. The summed E-state index contributed by atoms with van der Waals surface area (Å²) in [6.45, 7) is 20.8. The molecular weight excluding hydrogens is 789 g/mol. The fourth-order valence-corrected chi connectivity index (χ4v) is 8.10. The molecule has 65 heavy (non-hydrogen) atoms. The van der Waals surface area contributed by atoms with Crippen LogP contribution >= 0.6 is 0 Å². The molecule has 0 aliphatic heterocycles. The minimum Gasteiger partial charge on any atom is -0.344 e. The number of hydrogen-bond acceptors (Lipinski definition) is 2. The number of anilines is 4. The van der Waals surface area contributed by atoms with E-state index in [1.165, 1.54) is 55.3 Å². The molecule has 0 saturated heterocycles. The van der Waals surface area contributed by atoms with Gasteiger partial charge in [-0.05, 0) is 138 Å². The van der Waals surface area contributed by atoms with Crippen LogP contribution in [0.2, 0.25) is 0 Å². The van der Waals surface area contributed by atoms with Gasteiger partial charge < -0.3 is 18.9 Å². The van der Waals surface area contributed by atoms with Crippen LogP contribution in [0, 0.1) is 6.92 Å². The molecule has 0 saturated carbocycles. The van der Waals surface area contributed by atoms with Gasteiger partial charge in [0, 0.05) is 69.6 Å². The molecule has 4 heteroatoms. The van der Waals surface area contributed by atoms with E-state index in [9.17, 15) is 0 Å². The summed E-state index contributed by atoms with van der Waals surface area (Å²) >= 11 is 0. The van der Waals surface area contributed by atoms with Crippen molar-refractivity contribution in [2.45, 2.75) is 74.7 Å². The number of hydrogen-bond donors (Lipinski definition) is 0. The van der Waals surface area contributed by atoms with Crippen LogP contribution in [-0.2, 0) is 6.42 Å². The van der Waals surface area contributed by atoms with E-state index in [1.54, 1.807) is 0 Å². The Balaban J connectivity index is 0.000000592. The Bertz CT molecular complexity index is 2770. The van der Waals surface area contributed by atoms with E-state index in [0.717, 1.165) is 42.0 Å². The Hall–Kier alpha value is -7.04. The third kappa shape index (κ3) is 12.0. The molecule has 0 N–H and O–H groups in total. The largest absolute Gasteiger partial charge is 0.344 e. The summed E-state index contributed by atoms with van der Waals surface area (Å²) in [5.74, 6) is 0. The number of fused-ring (bicyclic) bond motifs is 4.